The molecule has 0 aliphatic carbocycles. The largest absolute Gasteiger partial charge is 0.340 e. The number of nitrogens with zero attached hydrogens (tertiary/aromatic N) is 1. The lowest BCUT2D eigenvalue weighted by molar-refractivity contribution is -0.126. The molecule has 2 atom stereocenters. The zero-order chi connectivity index (χ0) is 11.3. The normalized spacial score (nSPS) is 15.0. The summed E-state index contributed by atoms with van der Waals surface area (Å²) in [5, 5.41) is 11.5. The third-order valence-corrected chi connectivity index (χ3v) is 2.52. The number of nitriles is 1. The first kappa shape index (κ1) is 13.0. The Hall–Kier alpha value is -1.04. The van der Waals surface area contributed by atoms with Crippen molar-refractivity contribution in [2.75, 3.05) is 0 Å². The highest BCUT2D eigenvalue weighted by atomic mass is 16.1. The summed E-state index contributed by atoms with van der Waals surface area (Å²) < 4.78 is 0. The molecule has 0 heterocycles. The summed E-state index contributed by atoms with van der Waals surface area (Å²) >= 11 is 0. The van der Waals surface area contributed by atoms with Crippen LogP contribution in [0.2, 0.25) is 0 Å². The number of carbonyl (C=O) groups excluding carboxylic acids is 1. The number of carbonyl (C=O) groups is 1. The maximum Gasteiger partial charge on any atom is 0.224 e. The molecule has 0 fully saturated rings. The Kier molecular flexibility index (Phi) is 5.22. The predicted octanol–water partition coefficient (Wildman–Crippen LogP) is 1.94. The van der Waals surface area contributed by atoms with E-state index in [2.05, 4.69) is 11.4 Å². The van der Waals surface area contributed by atoms with Gasteiger partial charge in [-0.3, -0.25) is 4.79 Å². The van der Waals surface area contributed by atoms with Crippen LogP contribution < -0.4 is 5.32 Å². The molecule has 0 aromatic carbocycles. The summed E-state index contributed by atoms with van der Waals surface area (Å²) in [6.07, 6.45) is 0. The highest BCUT2D eigenvalue weighted by molar-refractivity contribution is 5.79. The molecule has 0 radical (unpaired) electrons. The van der Waals surface area contributed by atoms with Gasteiger partial charge in [0.2, 0.25) is 5.91 Å². The van der Waals surface area contributed by atoms with Crippen LogP contribution >= 0.6 is 0 Å². The molecule has 1 N–H and O–H groups in total. The van der Waals surface area contributed by atoms with Crippen LogP contribution in [0, 0.1) is 29.1 Å². The van der Waals surface area contributed by atoms with E-state index >= 15 is 0 Å². The Morgan fingerprint density at radius 2 is 1.64 bits per heavy atom. The average Bonchev–Trinajstić information content (AvgIpc) is 2.11. The number of hydrogen-bond donors (Lipinski definition) is 1. The molecule has 0 aromatic rings. The van der Waals surface area contributed by atoms with Gasteiger partial charge in [-0.1, -0.05) is 34.6 Å². The van der Waals surface area contributed by atoms with Gasteiger partial charge in [-0.05, 0) is 11.8 Å². The van der Waals surface area contributed by atoms with E-state index in [1.807, 2.05) is 34.6 Å². The van der Waals surface area contributed by atoms with Crippen molar-refractivity contribution in [1.82, 2.24) is 5.32 Å². The zero-order valence-corrected chi connectivity index (χ0v) is 9.66. The molecule has 1 amide bonds. The maximum atomic E-state index is 11.6. The Morgan fingerprint density at radius 3 is 1.93 bits per heavy atom. The van der Waals surface area contributed by atoms with Gasteiger partial charge in [-0.15, -0.1) is 0 Å². The van der Waals surface area contributed by atoms with Crippen LogP contribution in [0.3, 0.4) is 0 Å². The standard InChI is InChI=1S/C11H20N2O/c1-7(2)9(5)11(14)13-10(6-12)8(3)4/h7-10H,1-5H3,(H,13,14). The van der Waals surface area contributed by atoms with Gasteiger partial charge >= 0.3 is 0 Å². The second-order valence-corrected chi connectivity index (χ2v) is 4.39. The number of rotatable bonds is 4. The summed E-state index contributed by atoms with van der Waals surface area (Å²) in [6, 6.07) is 1.72. The van der Waals surface area contributed by atoms with Gasteiger partial charge in [0, 0.05) is 5.92 Å². The van der Waals surface area contributed by atoms with E-state index in [4.69, 9.17) is 5.26 Å². The first-order valence-electron chi connectivity index (χ1n) is 5.10. The van der Waals surface area contributed by atoms with Crippen LogP contribution in [-0.4, -0.2) is 11.9 Å². The molecule has 0 aliphatic heterocycles. The van der Waals surface area contributed by atoms with Crippen LogP contribution in [0.4, 0.5) is 0 Å². The molecule has 3 nitrogen and oxygen atoms in total. The van der Waals surface area contributed by atoms with Crippen LogP contribution in [0.25, 0.3) is 0 Å². The van der Waals surface area contributed by atoms with Gasteiger partial charge in [0.15, 0.2) is 0 Å². The smallest absolute Gasteiger partial charge is 0.224 e. The van der Waals surface area contributed by atoms with E-state index in [-0.39, 0.29) is 23.8 Å². The molecule has 0 aliphatic rings. The quantitative estimate of drug-likeness (QED) is 0.747. The zero-order valence-electron chi connectivity index (χ0n) is 9.66. The molecule has 14 heavy (non-hydrogen) atoms. The van der Waals surface area contributed by atoms with Crippen LogP contribution in [0.5, 0.6) is 0 Å². The van der Waals surface area contributed by atoms with E-state index in [9.17, 15) is 4.79 Å². The molecule has 0 bridgehead atoms. The molecular weight excluding hydrogens is 176 g/mol. The lowest BCUT2D eigenvalue weighted by Gasteiger charge is -2.20. The van der Waals surface area contributed by atoms with Crippen molar-refractivity contribution in [1.29, 1.82) is 5.26 Å². The van der Waals surface area contributed by atoms with Gasteiger partial charge in [-0.2, -0.15) is 5.26 Å². The van der Waals surface area contributed by atoms with Crippen molar-refractivity contribution in [3.05, 3.63) is 0 Å². The van der Waals surface area contributed by atoms with Crippen LogP contribution in [0.15, 0.2) is 0 Å². The second kappa shape index (κ2) is 5.64. The van der Waals surface area contributed by atoms with Gasteiger partial charge in [0.1, 0.15) is 6.04 Å². The van der Waals surface area contributed by atoms with Crippen molar-refractivity contribution in [2.24, 2.45) is 17.8 Å². The van der Waals surface area contributed by atoms with Gasteiger partial charge in [0.25, 0.3) is 0 Å². The SMILES string of the molecule is CC(C)C(C#N)NC(=O)C(C)C(C)C. The lowest BCUT2D eigenvalue weighted by atomic mass is 9.96. The predicted molar refractivity (Wildman–Crippen MR) is 56.4 cm³/mol. The molecule has 0 aromatic heterocycles. The average molecular weight is 196 g/mol. The van der Waals surface area contributed by atoms with E-state index in [0.29, 0.717) is 5.92 Å². The van der Waals surface area contributed by atoms with E-state index in [0.717, 1.165) is 0 Å². The van der Waals surface area contributed by atoms with Gasteiger partial charge in [-0.25, -0.2) is 0 Å². The minimum atomic E-state index is -0.372. The summed E-state index contributed by atoms with van der Waals surface area (Å²) in [7, 11) is 0. The minimum Gasteiger partial charge on any atom is -0.340 e. The van der Waals surface area contributed by atoms with Crippen molar-refractivity contribution in [3.63, 3.8) is 0 Å². The first-order valence-corrected chi connectivity index (χ1v) is 5.10. The molecular formula is C11H20N2O. The maximum absolute atomic E-state index is 11.6. The Morgan fingerprint density at radius 1 is 1.14 bits per heavy atom. The van der Waals surface area contributed by atoms with Crippen molar-refractivity contribution in [3.8, 4) is 6.07 Å². The fraction of sp³-hybridized carbons (Fsp3) is 0.818. The molecule has 0 saturated heterocycles. The van der Waals surface area contributed by atoms with E-state index in [1.165, 1.54) is 0 Å². The third kappa shape index (κ3) is 3.78. The lowest BCUT2D eigenvalue weighted by Crippen LogP contribution is -2.41. The molecule has 80 valence electrons. The third-order valence-electron chi connectivity index (χ3n) is 2.52. The topological polar surface area (TPSA) is 52.9 Å². The number of hydrogen-bond acceptors (Lipinski definition) is 2. The van der Waals surface area contributed by atoms with Crippen molar-refractivity contribution >= 4 is 5.91 Å². The first-order chi connectivity index (χ1) is 6.40. The summed E-state index contributed by atoms with van der Waals surface area (Å²) in [5.41, 5.74) is 0. The monoisotopic (exact) mass is 196 g/mol. The molecule has 0 rings (SSSR count). The molecule has 0 spiro atoms. The van der Waals surface area contributed by atoms with Crippen molar-refractivity contribution < 1.29 is 4.79 Å². The molecule has 0 saturated carbocycles. The highest BCUT2D eigenvalue weighted by Gasteiger charge is 2.21. The summed E-state index contributed by atoms with van der Waals surface area (Å²) in [4.78, 5) is 11.6. The summed E-state index contributed by atoms with van der Waals surface area (Å²) in [6.45, 7) is 9.74. The van der Waals surface area contributed by atoms with Gasteiger partial charge < -0.3 is 5.32 Å². The van der Waals surface area contributed by atoms with Crippen LogP contribution in [-0.2, 0) is 4.79 Å². The Bertz CT molecular complexity index is 228. The van der Waals surface area contributed by atoms with Gasteiger partial charge in [0.05, 0.1) is 6.07 Å². The van der Waals surface area contributed by atoms with Crippen molar-refractivity contribution in [2.45, 2.75) is 40.7 Å². The molecule has 3 heteroatoms. The van der Waals surface area contributed by atoms with Crippen LogP contribution in [0.1, 0.15) is 34.6 Å². The summed E-state index contributed by atoms with van der Waals surface area (Å²) in [5.74, 6) is 0.398. The van der Waals surface area contributed by atoms with E-state index < -0.39 is 0 Å². The number of nitrogens with one attached hydrogen (secondary N) is 1. The van der Waals surface area contributed by atoms with E-state index in [1.54, 1.807) is 0 Å². The Balaban J connectivity index is 4.25. The Labute approximate surface area is 86.5 Å². The fourth-order valence-corrected chi connectivity index (χ4v) is 0.935. The molecule has 2 unspecified atom stereocenters. The number of amides is 1. The fourth-order valence-electron chi connectivity index (χ4n) is 0.935. The second-order valence-electron chi connectivity index (χ2n) is 4.39. The highest BCUT2D eigenvalue weighted by Crippen LogP contribution is 2.10. The minimum absolute atomic E-state index is 0.0275.